The number of hydrogen-bond acceptors (Lipinski definition) is 7. The largest absolute Gasteiger partial charge is 0.495 e. The molecule has 1 saturated carbocycles. The van der Waals surface area contributed by atoms with Gasteiger partial charge in [0.1, 0.15) is 10.6 Å². The molecule has 1 aliphatic heterocycles. The molecule has 7 nitrogen and oxygen atoms in total. The average molecular weight is 507 g/mol. The Kier molecular flexibility index (Phi) is 8.50. The first-order chi connectivity index (χ1) is 16.4. The Labute approximate surface area is 208 Å². The van der Waals surface area contributed by atoms with Crippen molar-refractivity contribution >= 4 is 26.5 Å². The van der Waals surface area contributed by atoms with E-state index in [4.69, 9.17) is 9.72 Å². The van der Waals surface area contributed by atoms with E-state index >= 15 is 0 Å². The van der Waals surface area contributed by atoms with Crippen molar-refractivity contribution in [1.29, 1.82) is 0 Å². The molecule has 1 saturated heterocycles. The van der Waals surface area contributed by atoms with E-state index in [0.717, 1.165) is 53.1 Å². The number of nitrogens with zero attached hydrogens (tertiary/aromatic N) is 1. The molecule has 1 aromatic carbocycles. The van der Waals surface area contributed by atoms with Crippen molar-refractivity contribution in [1.82, 2.24) is 15.0 Å². The zero-order valence-electron chi connectivity index (χ0n) is 20.5. The first kappa shape index (κ1) is 25.4. The van der Waals surface area contributed by atoms with Crippen LogP contribution in [-0.4, -0.2) is 45.7 Å². The molecular formula is C25H38N4O3S2. The highest BCUT2D eigenvalue weighted by atomic mass is 32.2. The average Bonchev–Trinajstić information content (AvgIpc) is 3.19. The van der Waals surface area contributed by atoms with E-state index in [-0.39, 0.29) is 10.9 Å². The van der Waals surface area contributed by atoms with Crippen molar-refractivity contribution in [2.45, 2.75) is 82.2 Å². The topological polar surface area (TPSA) is 92.3 Å². The van der Waals surface area contributed by atoms with Gasteiger partial charge in [-0.15, -0.1) is 0 Å². The van der Waals surface area contributed by atoms with E-state index in [1.165, 1.54) is 45.6 Å². The van der Waals surface area contributed by atoms with Gasteiger partial charge in [-0.1, -0.05) is 43.4 Å². The van der Waals surface area contributed by atoms with Crippen LogP contribution in [0, 0.1) is 12.8 Å². The minimum absolute atomic E-state index is 0.0637. The zero-order chi connectivity index (χ0) is 24.1. The van der Waals surface area contributed by atoms with Gasteiger partial charge in [-0.3, -0.25) is 0 Å². The maximum absolute atomic E-state index is 13.3. The molecule has 188 valence electrons. The third kappa shape index (κ3) is 6.30. The Balaban J connectivity index is 1.52. The van der Waals surface area contributed by atoms with Crippen molar-refractivity contribution < 1.29 is 13.2 Å². The van der Waals surface area contributed by atoms with E-state index in [1.807, 2.05) is 13.0 Å². The molecule has 0 bridgehead atoms. The molecular weight excluding hydrogens is 468 g/mol. The smallest absolute Gasteiger partial charge is 0.244 e. The van der Waals surface area contributed by atoms with Crippen LogP contribution in [0.3, 0.4) is 0 Å². The van der Waals surface area contributed by atoms with Crippen LogP contribution in [-0.2, 0) is 10.0 Å². The Hall–Kier alpha value is -1.68. The third-order valence-electron chi connectivity index (χ3n) is 6.95. The number of sulfonamides is 1. The molecule has 9 heteroatoms. The molecule has 1 aliphatic carbocycles. The van der Waals surface area contributed by atoms with Crippen LogP contribution in [0.2, 0.25) is 0 Å². The fraction of sp³-hybridized carbons (Fsp3) is 0.640. The minimum atomic E-state index is -3.71. The summed E-state index contributed by atoms with van der Waals surface area (Å²) >= 11 is 1.58. The fourth-order valence-electron chi connectivity index (χ4n) is 5.17. The molecule has 2 aliphatic rings. The second kappa shape index (κ2) is 11.4. The number of methoxy groups -OCH3 is 1. The summed E-state index contributed by atoms with van der Waals surface area (Å²) in [5.74, 6) is 1.16. The number of anilines is 1. The van der Waals surface area contributed by atoms with Crippen LogP contribution < -0.4 is 20.1 Å². The molecule has 34 heavy (non-hydrogen) atoms. The molecule has 0 radical (unpaired) electrons. The molecule has 1 atom stereocenters. The third-order valence-corrected chi connectivity index (χ3v) is 9.63. The van der Waals surface area contributed by atoms with E-state index in [1.54, 1.807) is 23.5 Å². The van der Waals surface area contributed by atoms with Crippen molar-refractivity contribution in [2.75, 3.05) is 25.5 Å². The highest BCUT2D eigenvalue weighted by Gasteiger charge is 2.26. The normalized spacial score (nSPS) is 19.1. The summed E-state index contributed by atoms with van der Waals surface area (Å²) in [6.07, 6.45) is 9.49. The second-order valence-electron chi connectivity index (χ2n) is 9.73. The predicted molar refractivity (Wildman–Crippen MR) is 139 cm³/mol. The number of nitrogens with one attached hydrogen (secondary N) is 3. The molecule has 0 spiro atoms. The minimum Gasteiger partial charge on any atom is -0.495 e. The number of aryl methyl sites for hydroxylation is 1. The Morgan fingerprint density at radius 3 is 2.62 bits per heavy atom. The van der Waals surface area contributed by atoms with Gasteiger partial charge in [-0.25, -0.2) is 18.1 Å². The van der Waals surface area contributed by atoms with Gasteiger partial charge >= 0.3 is 0 Å². The summed E-state index contributed by atoms with van der Waals surface area (Å²) in [6.45, 7) is 5.85. The van der Waals surface area contributed by atoms with Crippen LogP contribution in [0.25, 0.3) is 10.4 Å². The van der Waals surface area contributed by atoms with Crippen LogP contribution in [0.1, 0.15) is 64.0 Å². The molecule has 4 rings (SSSR count). The van der Waals surface area contributed by atoms with Crippen LogP contribution >= 0.6 is 11.3 Å². The predicted octanol–water partition coefficient (Wildman–Crippen LogP) is 4.93. The van der Waals surface area contributed by atoms with Gasteiger partial charge in [0.2, 0.25) is 10.0 Å². The standard InChI is InChI=1S/C25H38N4O3S2/c1-17(15-19-7-5-4-6-8-19)27-25-28-18(2)24(33-25)20-9-10-22(32-3)23(16-20)34(30,31)29-21-11-13-26-14-12-21/h9-10,16-17,19,21,26,29H,4-8,11-15H2,1-3H3,(H,27,28)/t17-/m1/s1. The van der Waals surface area contributed by atoms with Gasteiger partial charge in [0, 0.05) is 12.1 Å². The highest BCUT2D eigenvalue weighted by Crippen LogP contribution is 2.37. The molecule has 3 N–H and O–H groups in total. The van der Waals surface area contributed by atoms with Crippen molar-refractivity contribution in [3.63, 3.8) is 0 Å². The van der Waals surface area contributed by atoms with Gasteiger partial charge in [0.25, 0.3) is 0 Å². The SMILES string of the molecule is COc1ccc(-c2sc(N[C@H](C)CC3CCCCC3)nc2C)cc1S(=O)(=O)NC1CCNCC1. The highest BCUT2D eigenvalue weighted by molar-refractivity contribution is 7.89. The number of benzene rings is 1. The Bertz CT molecular complexity index is 1060. The summed E-state index contributed by atoms with van der Waals surface area (Å²) in [7, 11) is -2.20. The summed E-state index contributed by atoms with van der Waals surface area (Å²) in [4.78, 5) is 5.91. The van der Waals surface area contributed by atoms with Gasteiger partial charge < -0.3 is 15.4 Å². The van der Waals surface area contributed by atoms with Crippen LogP contribution in [0.15, 0.2) is 23.1 Å². The number of ether oxygens (including phenoxy) is 1. The second-order valence-corrected chi connectivity index (χ2v) is 12.4. The summed E-state index contributed by atoms with van der Waals surface area (Å²) in [5, 5.41) is 7.75. The maximum Gasteiger partial charge on any atom is 0.244 e. The first-order valence-electron chi connectivity index (χ1n) is 12.5. The first-order valence-corrected chi connectivity index (χ1v) is 14.8. The van der Waals surface area contributed by atoms with E-state index < -0.39 is 10.0 Å². The van der Waals surface area contributed by atoms with E-state index in [0.29, 0.717) is 11.8 Å². The molecule has 2 aromatic rings. The van der Waals surface area contributed by atoms with Crippen LogP contribution in [0.5, 0.6) is 5.75 Å². The van der Waals surface area contributed by atoms with Crippen LogP contribution in [0.4, 0.5) is 5.13 Å². The molecule has 2 fully saturated rings. The Morgan fingerprint density at radius 2 is 1.91 bits per heavy atom. The number of hydrogen-bond donors (Lipinski definition) is 3. The quantitative estimate of drug-likeness (QED) is 0.447. The fourth-order valence-corrected chi connectivity index (χ4v) is 7.74. The van der Waals surface area contributed by atoms with Crippen molar-refractivity contribution in [3.8, 4) is 16.2 Å². The lowest BCUT2D eigenvalue weighted by Crippen LogP contribution is -2.42. The van der Waals surface area contributed by atoms with Gasteiger partial charge in [-0.2, -0.15) is 0 Å². The molecule has 0 unspecified atom stereocenters. The van der Waals surface area contributed by atoms with E-state index in [2.05, 4.69) is 22.3 Å². The number of rotatable bonds is 9. The lowest BCUT2D eigenvalue weighted by Gasteiger charge is -2.24. The van der Waals surface area contributed by atoms with Crippen molar-refractivity contribution in [2.24, 2.45) is 5.92 Å². The molecule has 0 amide bonds. The molecule has 2 heterocycles. The maximum atomic E-state index is 13.3. The lowest BCUT2D eigenvalue weighted by atomic mass is 9.85. The summed E-state index contributed by atoms with van der Waals surface area (Å²) in [5.41, 5.74) is 1.74. The summed E-state index contributed by atoms with van der Waals surface area (Å²) < 4.78 is 34.8. The van der Waals surface area contributed by atoms with Gasteiger partial charge in [0.05, 0.1) is 17.7 Å². The number of aromatic nitrogens is 1. The van der Waals surface area contributed by atoms with Crippen molar-refractivity contribution in [3.05, 3.63) is 23.9 Å². The number of thiazole rings is 1. The molecule has 1 aromatic heterocycles. The number of piperidine rings is 1. The zero-order valence-corrected chi connectivity index (χ0v) is 22.2. The summed E-state index contributed by atoms with van der Waals surface area (Å²) in [6, 6.07) is 5.68. The lowest BCUT2D eigenvalue weighted by molar-refractivity contribution is 0.328. The monoisotopic (exact) mass is 506 g/mol. The van der Waals surface area contributed by atoms with E-state index in [9.17, 15) is 8.42 Å². The Morgan fingerprint density at radius 1 is 1.18 bits per heavy atom. The van der Waals surface area contributed by atoms with Gasteiger partial charge in [-0.05, 0) is 75.9 Å². The van der Waals surface area contributed by atoms with Gasteiger partial charge in [0.15, 0.2) is 5.13 Å².